The van der Waals surface area contributed by atoms with Crippen molar-refractivity contribution in [2.45, 2.75) is 0 Å². The zero-order valence-corrected chi connectivity index (χ0v) is 13.0. The second kappa shape index (κ2) is 5.99. The Bertz CT molecular complexity index is 694. The number of nitrogen functional groups attached to an aromatic ring is 1. The third-order valence-electron chi connectivity index (χ3n) is 2.47. The van der Waals surface area contributed by atoms with Crippen LogP contribution in [0.25, 0.3) is 0 Å². The van der Waals surface area contributed by atoms with Crippen LogP contribution >= 0.6 is 39.1 Å². The molecule has 0 aromatic heterocycles. The number of rotatable bonds is 2. The highest BCUT2D eigenvalue weighted by Gasteiger charge is 2.15. The number of benzene rings is 2. The molecule has 0 radical (unpaired) electrons. The predicted octanol–water partition coefficient (Wildman–Crippen LogP) is 4.73. The van der Waals surface area contributed by atoms with Crippen molar-refractivity contribution < 1.29 is 9.18 Å². The van der Waals surface area contributed by atoms with E-state index < -0.39 is 11.7 Å². The van der Waals surface area contributed by atoms with E-state index in [4.69, 9.17) is 28.9 Å². The van der Waals surface area contributed by atoms with Gasteiger partial charge in [-0.1, -0.05) is 23.2 Å². The monoisotopic (exact) mass is 376 g/mol. The number of hydrogen-bond acceptors (Lipinski definition) is 2. The molecule has 20 heavy (non-hydrogen) atoms. The highest BCUT2D eigenvalue weighted by Crippen LogP contribution is 2.30. The highest BCUT2D eigenvalue weighted by molar-refractivity contribution is 9.10. The molecule has 0 unspecified atom stereocenters. The van der Waals surface area contributed by atoms with Gasteiger partial charge >= 0.3 is 0 Å². The summed E-state index contributed by atoms with van der Waals surface area (Å²) in [5.41, 5.74) is 6.33. The average molecular weight is 378 g/mol. The van der Waals surface area contributed by atoms with Gasteiger partial charge in [0.1, 0.15) is 5.82 Å². The molecule has 0 heterocycles. The molecular formula is C13H8BrCl2FN2O. The lowest BCUT2D eigenvalue weighted by Crippen LogP contribution is -2.13. The molecule has 0 saturated heterocycles. The maximum absolute atomic E-state index is 13.2. The lowest BCUT2D eigenvalue weighted by atomic mass is 10.2. The molecule has 0 atom stereocenters. The van der Waals surface area contributed by atoms with E-state index in [1.807, 2.05) is 0 Å². The number of nitrogens with one attached hydrogen (secondary N) is 1. The summed E-state index contributed by atoms with van der Waals surface area (Å²) < 4.78 is 13.7. The van der Waals surface area contributed by atoms with Crippen molar-refractivity contribution in [3.63, 3.8) is 0 Å². The molecule has 0 bridgehead atoms. The summed E-state index contributed by atoms with van der Waals surface area (Å²) >= 11 is 15.0. The SMILES string of the molecule is Nc1cc(Cl)c(Cl)c(C(=O)Nc2cc(F)ccc2Br)c1. The van der Waals surface area contributed by atoms with Gasteiger partial charge in [-0.3, -0.25) is 4.79 Å². The van der Waals surface area contributed by atoms with Gasteiger partial charge in [-0.15, -0.1) is 0 Å². The van der Waals surface area contributed by atoms with Crippen molar-refractivity contribution >= 4 is 56.4 Å². The van der Waals surface area contributed by atoms with Crippen LogP contribution < -0.4 is 11.1 Å². The summed E-state index contributed by atoms with van der Waals surface area (Å²) in [6.45, 7) is 0. The van der Waals surface area contributed by atoms with Gasteiger partial charge in [0.2, 0.25) is 0 Å². The van der Waals surface area contributed by atoms with Gasteiger partial charge in [0.05, 0.1) is 21.3 Å². The van der Waals surface area contributed by atoms with Crippen LogP contribution in [0.3, 0.4) is 0 Å². The van der Waals surface area contributed by atoms with Crippen LogP contribution in [0.2, 0.25) is 10.0 Å². The van der Waals surface area contributed by atoms with Crippen LogP contribution in [0.5, 0.6) is 0 Å². The standard InChI is InChI=1S/C13H8BrCl2FN2O/c14-9-2-1-6(17)3-11(9)19-13(20)8-4-7(18)5-10(15)12(8)16/h1-5H,18H2,(H,19,20). The predicted molar refractivity (Wildman–Crippen MR) is 82.9 cm³/mol. The summed E-state index contributed by atoms with van der Waals surface area (Å²) in [5, 5.41) is 2.80. The summed E-state index contributed by atoms with van der Waals surface area (Å²) in [4.78, 5) is 12.1. The number of nitrogens with two attached hydrogens (primary N) is 1. The van der Waals surface area contributed by atoms with Crippen LogP contribution in [-0.4, -0.2) is 5.91 Å². The molecule has 1 amide bonds. The van der Waals surface area contributed by atoms with Gasteiger partial charge in [-0.25, -0.2) is 4.39 Å². The number of carbonyl (C=O) groups is 1. The molecule has 0 aliphatic heterocycles. The molecule has 7 heteroatoms. The van der Waals surface area contributed by atoms with E-state index in [1.165, 1.54) is 30.3 Å². The molecule has 2 rings (SSSR count). The Labute approximate surface area is 133 Å². The molecule has 2 aromatic carbocycles. The first-order valence-corrected chi connectivity index (χ1v) is 6.94. The van der Waals surface area contributed by atoms with E-state index in [-0.39, 0.29) is 21.3 Å². The van der Waals surface area contributed by atoms with Gasteiger partial charge in [0, 0.05) is 10.2 Å². The Morgan fingerprint density at radius 3 is 2.65 bits per heavy atom. The Hall–Kier alpha value is -1.30. The molecular weight excluding hydrogens is 370 g/mol. The number of anilines is 2. The summed E-state index contributed by atoms with van der Waals surface area (Å²) in [6, 6.07) is 6.78. The number of halogens is 4. The molecule has 3 nitrogen and oxygen atoms in total. The third kappa shape index (κ3) is 3.23. The molecule has 0 fully saturated rings. The van der Waals surface area contributed by atoms with Crippen molar-refractivity contribution in [2.24, 2.45) is 0 Å². The fraction of sp³-hybridized carbons (Fsp3) is 0. The fourth-order valence-corrected chi connectivity index (χ4v) is 2.33. The molecule has 0 aliphatic carbocycles. The first-order valence-electron chi connectivity index (χ1n) is 5.39. The first kappa shape index (κ1) is 15.1. The minimum atomic E-state index is -0.532. The minimum Gasteiger partial charge on any atom is -0.399 e. The van der Waals surface area contributed by atoms with Gasteiger partial charge in [-0.05, 0) is 46.3 Å². The quantitative estimate of drug-likeness (QED) is 0.743. The zero-order chi connectivity index (χ0) is 14.9. The van der Waals surface area contributed by atoms with Crippen LogP contribution in [0.4, 0.5) is 15.8 Å². The van der Waals surface area contributed by atoms with Crippen LogP contribution in [0, 0.1) is 5.82 Å². The van der Waals surface area contributed by atoms with Gasteiger partial charge in [0.15, 0.2) is 0 Å². The van der Waals surface area contributed by atoms with Crippen molar-refractivity contribution in [2.75, 3.05) is 11.1 Å². The normalized spacial score (nSPS) is 10.4. The van der Waals surface area contributed by atoms with Crippen molar-refractivity contribution in [3.8, 4) is 0 Å². The molecule has 0 aliphatic rings. The molecule has 104 valence electrons. The lowest BCUT2D eigenvalue weighted by Gasteiger charge is -2.10. The maximum atomic E-state index is 13.2. The second-order valence-corrected chi connectivity index (χ2v) is 5.58. The zero-order valence-electron chi connectivity index (χ0n) is 9.88. The highest BCUT2D eigenvalue weighted by atomic mass is 79.9. The number of hydrogen-bond donors (Lipinski definition) is 2. The minimum absolute atomic E-state index is 0.0888. The van der Waals surface area contributed by atoms with Crippen LogP contribution in [-0.2, 0) is 0 Å². The van der Waals surface area contributed by atoms with E-state index >= 15 is 0 Å². The van der Waals surface area contributed by atoms with E-state index in [0.29, 0.717) is 10.2 Å². The van der Waals surface area contributed by atoms with E-state index in [1.54, 1.807) is 0 Å². The van der Waals surface area contributed by atoms with E-state index in [0.717, 1.165) is 0 Å². The summed E-state index contributed by atoms with van der Waals surface area (Å²) in [5.74, 6) is -1.00. The van der Waals surface area contributed by atoms with Gasteiger partial charge in [-0.2, -0.15) is 0 Å². The Morgan fingerprint density at radius 2 is 1.95 bits per heavy atom. The maximum Gasteiger partial charge on any atom is 0.257 e. The summed E-state index contributed by atoms with van der Waals surface area (Å²) in [6.07, 6.45) is 0. The molecule has 3 N–H and O–H groups in total. The second-order valence-electron chi connectivity index (χ2n) is 3.94. The first-order chi connectivity index (χ1) is 9.38. The van der Waals surface area contributed by atoms with Gasteiger partial charge < -0.3 is 11.1 Å². The molecule has 0 saturated carbocycles. The van der Waals surface area contributed by atoms with Crippen molar-refractivity contribution in [3.05, 3.63) is 56.2 Å². The Morgan fingerprint density at radius 1 is 1.25 bits per heavy atom. The summed E-state index contributed by atoms with van der Waals surface area (Å²) in [7, 11) is 0. The lowest BCUT2D eigenvalue weighted by molar-refractivity contribution is 0.102. The van der Waals surface area contributed by atoms with Crippen molar-refractivity contribution in [1.82, 2.24) is 0 Å². The number of carbonyl (C=O) groups excluding carboxylic acids is 1. The largest absolute Gasteiger partial charge is 0.399 e. The topological polar surface area (TPSA) is 55.1 Å². The van der Waals surface area contributed by atoms with Crippen LogP contribution in [0.15, 0.2) is 34.8 Å². The molecule has 2 aromatic rings. The van der Waals surface area contributed by atoms with Crippen molar-refractivity contribution in [1.29, 1.82) is 0 Å². The Kier molecular flexibility index (Phi) is 4.52. The smallest absolute Gasteiger partial charge is 0.257 e. The third-order valence-corrected chi connectivity index (χ3v) is 3.97. The van der Waals surface area contributed by atoms with E-state index in [2.05, 4.69) is 21.2 Å². The fourth-order valence-electron chi connectivity index (χ4n) is 1.56. The van der Waals surface area contributed by atoms with E-state index in [9.17, 15) is 9.18 Å². The average Bonchev–Trinajstić information content (AvgIpc) is 2.38. The number of amides is 1. The van der Waals surface area contributed by atoms with Crippen LogP contribution in [0.1, 0.15) is 10.4 Å². The van der Waals surface area contributed by atoms with Gasteiger partial charge in [0.25, 0.3) is 5.91 Å². The Balaban J connectivity index is 2.35. The molecule has 0 spiro atoms.